The number of aliphatic hydroxyl groups excluding tert-OH is 1. The number of carbonyl (C=O) groups is 1. The van der Waals surface area contributed by atoms with Crippen LogP contribution in [0.1, 0.15) is 33.9 Å². The van der Waals surface area contributed by atoms with Crippen LogP contribution in [0.5, 0.6) is 0 Å². The Kier molecular flexibility index (Phi) is 4.63. The third-order valence-corrected chi connectivity index (χ3v) is 5.63. The molecule has 31 heavy (non-hydrogen) atoms. The highest BCUT2D eigenvalue weighted by molar-refractivity contribution is 6.36. The van der Waals surface area contributed by atoms with Crippen LogP contribution in [0.3, 0.4) is 0 Å². The van der Waals surface area contributed by atoms with Gasteiger partial charge in [0.05, 0.1) is 28.7 Å². The molecule has 0 spiro atoms. The highest BCUT2D eigenvalue weighted by Crippen LogP contribution is 2.39. The van der Waals surface area contributed by atoms with Crippen LogP contribution in [0.15, 0.2) is 83.4 Å². The number of hydrogen-bond acceptors (Lipinski definition) is 6. The lowest BCUT2D eigenvalue weighted by Gasteiger charge is -2.20. The summed E-state index contributed by atoms with van der Waals surface area (Å²) in [4.78, 5) is 17.9. The molecule has 3 aromatic carbocycles. The molecule has 5 rings (SSSR count). The standard InChI is InChI=1S/C24H19N3O4/c28-23-16-5-1-2-6-17(16)24(29)22(23)21-13-20(14-9-11-15(12-10-14)27(30)31)25-18-7-3-4-8-19(18)26-21/h1-12,20,25,27-28,30H,13H2. The molecule has 2 unspecified atom stereocenters. The molecule has 0 bridgehead atoms. The minimum Gasteiger partial charge on any atom is -0.595 e. The van der Waals surface area contributed by atoms with E-state index in [0.29, 0.717) is 28.9 Å². The first-order chi connectivity index (χ1) is 15.0. The maximum Gasteiger partial charge on any atom is 0.199 e. The molecule has 0 radical (unpaired) electrons. The van der Waals surface area contributed by atoms with Gasteiger partial charge in [-0.2, -0.15) is 5.23 Å². The lowest BCUT2D eigenvalue weighted by Crippen LogP contribution is -2.99. The number of anilines is 1. The number of allylic oxidation sites excluding steroid dienone is 1. The van der Waals surface area contributed by atoms with Crippen molar-refractivity contribution in [2.75, 3.05) is 5.32 Å². The highest BCUT2D eigenvalue weighted by Gasteiger charge is 2.34. The Morgan fingerprint density at radius 1 is 0.968 bits per heavy atom. The lowest BCUT2D eigenvalue weighted by atomic mass is 9.95. The van der Waals surface area contributed by atoms with Crippen LogP contribution >= 0.6 is 0 Å². The van der Waals surface area contributed by atoms with Crippen LogP contribution in [-0.2, 0) is 0 Å². The van der Waals surface area contributed by atoms with Gasteiger partial charge < -0.3 is 15.6 Å². The number of rotatable bonds is 3. The van der Waals surface area contributed by atoms with Crippen molar-refractivity contribution in [1.82, 2.24) is 0 Å². The first-order valence-corrected chi connectivity index (χ1v) is 9.87. The van der Waals surface area contributed by atoms with E-state index < -0.39 is 5.23 Å². The summed E-state index contributed by atoms with van der Waals surface area (Å²) in [6.45, 7) is 0. The monoisotopic (exact) mass is 413 g/mol. The van der Waals surface area contributed by atoms with Gasteiger partial charge in [-0.25, -0.2) is 5.21 Å². The van der Waals surface area contributed by atoms with Crippen molar-refractivity contribution < 1.29 is 20.3 Å². The molecule has 2 aliphatic rings. The molecule has 2 atom stereocenters. The fourth-order valence-electron chi connectivity index (χ4n) is 4.07. The quantitative estimate of drug-likeness (QED) is 0.487. The van der Waals surface area contributed by atoms with Gasteiger partial charge in [-0.05, 0) is 17.7 Å². The highest BCUT2D eigenvalue weighted by atomic mass is 16.8. The van der Waals surface area contributed by atoms with Gasteiger partial charge >= 0.3 is 0 Å². The minimum absolute atomic E-state index is 0.0568. The zero-order valence-corrected chi connectivity index (χ0v) is 16.4. The Hall–Kier alpha value is -3.78. The van der Waals surface area contributed by atoms with Crippen LogP contribution in [0.25, 0.3) is 5.76 Å². The summed E-state index contributed by atoms with van der Waals surface area (Å²) in [7, 11) is 0. The molecule has 154 valence electrons. The first-order valence-electron chi connectivity index (χ1n) is 9.87. The van der Waals surface area contributed by atoms with Crippen LogP contribution < -0.4 is 10.5 Å². The van der Waals surface area contributed by atoms with Crippen molar-refractivity contribution in [1.29, 1.82) is 0 Å². The molecular weight excluding hydrogens is 394 g/mol. The number of aliphatic imine (C=N–C) groups is 1. The molecule has 1 aliphatic heterocycles. The number of aliphatic hydroxyl groups is 1. The molecule has 3 aromatic rings. The minimum atomic E-state index is -0.989. The SMILES string of the molecule is O=C1C(C2=Nc3ccccc3NC(c3ccc([NH+]([O-])O)cc3)C2)=C(O)c2ccccc21. The number of hydrogen-bond donors (Lipinski definition) is 4. The van der Waals surface area contributed by atoms with Crippen LogP contribution in [0.2, 0.25) is 0 Å². The van der Waals surface area contributed by atoms with Gasteiger partial charge in [0.2, 0.25) is 0 Å². The number of nitrogens with zero attached hydrogens (tertiary/aromatic N) is 1. The number of benzene rings is 3. The van der Waals surface area contributed by atoms with Gasteiger partial charge in [0.15, 0.2) is 11.5 Å². The number of fused-ring (bicyclic) bond motifs is 2. The number of nitrogens with one attached hydrogen (secondary N) is 2. The van der Waals surface area contributed by atoms with Crippen molar-refractivity contribution in [3.05, 3.63) is 100 Å². The summed E-state index contributed by atoms with van der Waals surface area (Å²) in [5.41, 5.74) is 4.21. The van der Waals surface area contributed by atoms with Crippen molar-refractivity contribution in [2.24, 2.45) is 4.99 Å². The topological polar surface area (TPSA) is 109 Å². The fourth-order valence-corrected chi connectivity index (χ4v) is 4.07. The second kappa shape index (κ2) is 7.48. The Morgan fingerprint density at radius 3 is 2.35 bits per heavy atom. The number of carbonyl (C=O) groups excluding carboxylic acids is 1. The smallest absolute Gasteiger partial charge is 0.199 e. The summed E-state index contributed by atoms with van der Waals surface area (Å²) in [5, 5.41) is 33.7. The molecule has 0 amide bonds. The molecule has 7 nitrogen and oxygen atoms in total. The van der Waals surface area contributed by atoms with Crippen LogP contribution in [0.4, 0.5) is 17.1 Å². The van der Waals surface area contributed by atoms with Gasteiger partial charge in [-0.3, -0.25) is 9.79 Å². The van der Waals surface area contributed by atoms with E-state index in [9.17, 15) is 20.3 Å². The third kappa shape index (κ3) is 3.30. The van der Waals surface area contributed by atoms with Gasteiger partial charge in [0.1, 0.15) is 5.76 Å². The van der Waals surface area contributed by atoms with E-state index in [0.717, 1.165) is 11.3 Å². The van der Waals surface area contributed by atoms with Gasteiger partial charge in [-0.1, -0.05) is 48.5 Å². The summed E-state index contributed by atoms with van der Waals surface area (Å²) in [6, 6.07) is 20.8. The molecule has 0 fully saturated rings. The van der Waals surface area contributed by atoms with E-state index in [1.54, 1.807) is 48.5 Å². The van der Waals surface area contributed by atoms with Crippen LogP contribution in [-0.4, -0.2) is 21.8 Å². The summed E-state index contributed by atoms with van der Waals surface area (Å²) < 4.78 is 0. The molecule has 4 N–H and O–H groups in total. The molecule has 0 saturated heterocycles. The zero-order chi connectivity index (χ0) is 21.5. The van der Waals surface area contributed by atoms with Gasteiger partial charge in [0.25, 0.3) is 0 Å². The molecular formula is C24H19N3O4. The zero-order valence-electron chi connectivity index (χ0n) is 16.4. The van der Waals surface area contributed by atoms with Gasteiger partial charge in [-0.15, -0.1) is 0 Å². The van der Waals surface area contributed by atoms with E-state index in [-0.39, 0.29) is 28.8 Å². The number of quaternary nitrogens is 1. The summed E-state index contributed by atoms with van der Waals surface area (Å²) in [5.74, 6) is -0.301. The van der Waals surface area contributed by atoms with Crippen molar-refractivity contribution in [3.8, 4) is 0 Å². The number of Topliss-reactive ketones (excluding diaryl/α,β-unsaturated/α-hetero) is 1. The summed E-state index contributed by atoms with van der Waals surface area (Å²) >= 11 is 0. The van der Waals surface area contributed by atoms with E-state index in [4.69, 9.17) is 4.99 Å². The predicted molar refractivity (Wildman–Crippen MR) is 117 cm³/mol. The summed E-state index contributed by atoms with van der Waals surface area (Å²) in [6.07, 6.45) is 0.347. The Morgan fingerprint density at radius 2 is 1.65 bits per heavy atom. The first kappa shape index (κ1) is 19.2. The van der Waals surface area contributed by atoms with E-state index >= 15 is 0 Å². The lowest BCUT2D eigenvalue weighted by molar-refractivity contribution is -0.991. The second-order valence-electron chi connectivity index (χ2n) is 7.50. The van der Waals surface area contributed by atoms with E-state index in [1.165, 1.54) is 0 Å². The fraction of sp³-hybridized carbons (Fsp3) is 0.0833. The number of ketones is 1. The average molecular weight is 413 g/mol. The van der Waals surface area contributed by atoms with Crippen molar-refractivity contribution >= 4 is 34.3 Å². The number of para-hydroxylation sites is 2. The Bertz CT molecular complexity index is 1250. The Balaban J connectivity index is 1.60. The Labute approximate surface area is 178 Å². The van der Waals surface area contributed by atoms with Crippen molar-refractivity contribution in [2.45, 2.75) is 12.5 Å². The van der Waals surface area contributed by atoms with Crippen molar-refractivity contribution in [3.63, 3.8) is 0 Å². The predicted octanol–water partition coefficient (Wildman–Crippen LogP) is 3.89. The molecule has 1 aliphatic carbocycles. The van der Waals surface area contributed by atoms with Crippen LogP contribution in [0, 0.1) is 5.21 Å². The van der Waals surface area contributed by atoms with Gasteiger partial charge in [0, 0.05) is 29.7 Å². The van der Waals surface area contributed by atoms with E-state index in [1.807, 2.05) is 24.3 Å². The molecule has 7 heteroatoms. The maximum absolute atomic E-state index is 13.1. The third-order valence-electron chi connectivity index (χ3n) is 5.63. The molecule has 1 heterocycles. The normalized spacial score (nSPS) is 18.6. The largest absolute Gasteiger partial charge is 0.595 e. The average Bonchev–Trinajstić information content (AvgIpc) is 2.93. The van der Waals surface area contributed by atoms with E-state index in [2.05, 4.69) is 5.32 Å². The molecule has 0 saturated carbocycles. The maximum atomic E-state index is 13.1. The second-order valence-corrected chi connectivity index (χ2v) is 7.50. The molecule has 0 aromatic heterocycles.